The van der Waals surface area contributed by atoms with Crippen molar-refractivity contribution >= 4 is 11.9 Å². The summed E-state index contributed by atoms with van der Waals surface area (Å²) in [5, 5.41) is 3.34. The minimum Gasteiger partial charge on any atom is -0.484 e. The Morgan fingerprint density at radius 1 is 1.36 bits per heavy atom. The van der Waals surface area contributed by atoms with Crippen molar-refractivity contribution in [3.8, 4) is 5.75 Å². The summed E-state index contributed by atoms with van der Waals surface area (Å²) >= 11 is 0. The van der Waals surface area contributed by atoms with E-state index in [0.717, 1.165) is 30.9 Å². The lowest BCUT2D eigenvalue weighted by atomic mass is 10.2. The van der Waals surface area contributed by atoms with Gasteiger partial charge in [0.05, 0.1) is 0 Å². The highest BCUT2D eigenvalue weighted by Gasteiger charge is 2.07. The number of amides is 1. The van der Waals surface area contributed by atoms with Crippen LogP contribution in [0, 0.1) is 0 Å². The van der Waals surface area contributed by atoms with Crippen LogP contribution in [0.25, 0.3) is 0 Å². The van der Waals surface area contributed by atoms with Gasteiger partial charge in [0.1, 0.15) is 5.75 Å². The number of likely N-dealkylation sites (N-methyl/N-ethyl adjacent to an activating group) is 1. The van der Waals surface area contributed by atoms with Crippen LogP contribution >= 0.6 is 0 Å². The molecular formula is C19H30N4O2. The third-order valence-corrected chi connectivity index (χ3v) is 3.69. The van der Waals surface area contributed by atoms with Crippen molar-refractivity contribution in [3.05, 3.63) is 42.5 Å². The maximum Gasteiger partial charge on any atom is 0.259 e. The molecule has 1 N–H and O–H groups in total. The van der Waals surface area contributed by atoms with E-state index in [-0.39, 0.29) is 12.5 Å². The maximum atomic E-state index is 11.6. The van der Waals surface area contributed by atoms with Gasteiger partial charge in [-0.1, -0.05) is 18.2 Å². The molecule has 0 aliphatic rings. The molecule has 25 heavy (non-hydrogen) atoms. The molecule has 0 heterocycles. The molecule has 0 aromatic heterocycles. The number of allylic oxidation sites excluding steroid dienone is 1. The average Bonchev–Trinajstić information content (AvgIpc) is 2.60. The Balaban J connectivity index is 2.54. The molecular weight excluding hydrogens is 316 g/mol. The van der Waals surface area contributed by atoms with E-state index in [1.165, 1.54) is 4.90 Å². The van der Waals surface area contributed by atoms with E-state index in [0.29, 0.717) is 12.3 Å². The number of hydrogen-bond donors (Lipinski definition) is 1. The van der Waals surface area contributed by atoms with Crippen molar-refractivity contribution in [1.29, 1.82) is 0 Å². The monoisotopic (exact) mass is 346 g/mol. The summed E-state index contributed by atoms with van der Waals surface area (Å²) in [6, 6.07) is 7.71. The van der Waals surface area contributed by atoms with Crippen LogP contribution in [0.1, 0.15) is 18.4 Å². The fourth-order valence-electron chi connectivity index (χ4n) is 2.16. The van der Waals surface area contributed by atoms with Gasteiger partial charge < -0.3 is 19.9 Å². The van der Waals surface area contributed by atoms with Crippen LogP contribution in [-0.2, 0) is 11.3 Å². The lowest BCUT2D eigenvalue weighted by Crippen LogP contribution is -2.38. The quantitative estimate of drug-likeness (QED) is 0.322. The van der Waals surface area contributed by atoms with Gasteiger partial charge in [0.25, 0.3) is 5.91 Å². The fourth-order valence-corrected chi connectivity index (χ4v) is 2.16. The van der Waals surface area contributed by atoms with Crippen LogP contribution in [0.15, 0.2) is 41.9 Å². The van der Waals surface area contributed by atoms with Crippen LogP contribution in [0.4, 0.5) is 0 Å². The largest absolute Gasteiger partial charge is 0.484 e. The molecule has 138 valence electrons. The molecule has 6 nitrogen and oxygen atoms in total. The van der Waals surface area contributed by atoms with Gasteiger partial charge in [-0.25, -0.2) is 0 Å². The first kappa shape index (κ1) is 20.5. The highest BCUT2D eigenvalue weighted by molar-refractivity contribution is 5.79. The summed E-state index contributed by atoms with van der Waals surface area (Å²) in [4.78, 5) is 19.5. The first-order valence-electron chi connectivity index (χ1n) is 8.42. The lowest BCUT2D eigenvalue weighted by molar-refractivity contribution is -0.130. The molecule has 1 aromatic carbocycles. The van der Waals surface area contributed by atoms with Crippen LogP contribution in [0.3, 0.4) is 0 Å². The summed E-state index contributed by atoms with van der Waals surface area (Å²) < 4.78 is 5.55. The number of benzene rings is 1. The summed E-state index contributed by atoms with van der Waals surface area (Å²) in [5.41, 5.74) is 1.07. The van der Waals surface area contributed by atoms with E-state index < -0.39 is 0 Å². The summed E-state index contributed by atoms with van der Waals surface area (Å²) in [7, 11) is 7.22. The van der Waals surface area contributed by atoms with Crippen molar-refractivity contribution in [2.75, 3.05) is 41.3 Å². The minimum atomic E-state index is -0.0647. The zero-order chi connectivity index (χ0) is 18.7. The van der Waals surface area contributed by atoms with Gasteiger partial charge >= 0.3 is 0 Å². The predicted octanol–water partition coefficient (Wildman–Crippen LogP) is 2.13. The summed E-state index contributed by atoms with van der Waals surface area (Å²) in [5.74, 6) is 1.46. The second kappa shape index (κ2) is 11.1. The van der Waals surface area contributed by atoms with E-state index >= 15 is 0 Å². The normalized spacial score (nSPS) is 11.0. The van der Waals surface area contributed by atoms with Gasteiger partial charge in [-0.3, -0.25) is 9.79 Å². The van der Waals surface area contributed by atoms with Gasteiger partial charge in [-0.05, 0) is 30.5 Å². The fraction of sp³-hybridized carbons (Fsp3) is 0.474. The molecule has 0 atom stereocenters. The Labute approximate surface area is 151 Å². The third kappa shape index (κ3) is 7.74. The second-order valence-corrected chi connectivity index (χ2v) is 5.98. The zero-order valence-corrected chi connectivity index (χ0v) is 15.8. The number of nitrogens with zero attached hydrogens (tertiary/aromatic N) is 3. The van der Waals surface area contributed by atoms with Gasteiger partial charge in [0.15, 0.2) is 12.6 Å². The lowest BCUT2D eigenvalue weighted by Gasteiger charge is -2.22. The summed E-state index contributed by atoms with van der Waals surface area (Å²) in [6.45, 7) is 5.34. The minimum absolute atomic E-state index is 0.0393. The highest BCUT2D eigenvalue weighted by atomic mass is 16.5. The third-order valence-electron chi connectivity index (χ3n) is 3.69. The molecule has 6 heteroatoms. The smallest absolute Gasteiger partial charge is 0.259 e. The molecule has 0 saturated carbocycles. The molecule has 0 saturated heterocycles. The topological polar surface area (TPSA) is 57.2 Å². The Hall–Kier alpha value is -2.50. The van der Waals surface area contributed by atoms with E-state index in [1.807, 2.05) is 37.4 Å². The van der Waals surface area contributed by atoms with Crippen molar-refractivity contribution in [2.45, 2.75) is 19.4 Å². The van der Waals surface area contributed by atoms with Crippen molar-refractivity contribution in [2.24, 2.45) is 4.99 Å². The number of carbonyl (C=O) groups is 1. The Morgan fingerprint density at radius 2 is 2.12 bits per heavy atom. The SMILES string of the molecule is C=CCCCN(C)C(=NC)NCc1cccc(OCC(=O)N(C)C)c1. The molecule has 0 bridgehead atoms. The van der Waals surface area contributed by atoms with Crippen molar-refractivity contribution in [3.63, 3.8) is 0 Å². The number of unbranched alkanes of at least 4 members (excludes halogenated alkanes) is 1. The van der Waals surface area contributed by atoms with Crippen LogP contribution < -0.4 is 10.1 Å². The molecule has 0 aliphatic heterocycles. The molecule has 0 aliphatic carbocycles. The molecule has 0 fully saturated rings. The van der Waals surface area contributed by atoms with Gasteiger partial charge in [-0.15, -0.1) is 6.58 Å². The van der Waals surface area contributed by atoms with E-state index in [1.54, 1.807) is 21.1 Å². The molecule has 0 spiro atoms. The maximum absolute atomic E-state index is 11.6. The molecule has 0 radical (unpaired) electrons. The molecule has 1 rings (SSSR count). The molecule has 0 unspecified atom stereocenters. The number of hydrogen-bond acceptors (Lipinski definition) is 3. The van der Waals surface area contributed by atoms with Crippen LogP contribution in [-0.4, -0.2) is 63.0 Å². The second-order valence-electron chi connectivity index (χ2n) is 5.98. The van der Waals surface area contributed by atoms with E-state index in [9.17, 15) is 4.79 Å². The first-order valence-corrected chi connectivity index (χ1v) is 8.42. The van der Waals surface area contributed by atoms with Gasteiger partial charge in [0.2, 0.25) is 0 Å². The average molecular weight is 346 g/mol. The Kier molecular flexibility index (Phi) is 9.14. The van der Waals surface area contributed by atoms with Crippen molar-refractivity contribution < 1.29 is 9.53 Å². The highest BCUT2D eigenvalue weighted by Crippen LogP contribution is 2.13. The van der Waals surface area contributed by atoms with E-state index in [4.69, 9.17) is 4.74 Å². The van der Waals surface area contributed by atoms with Gasteiger partial charge in [0, 0.05) is 41.3 Å². The van der Waals surface area contributed by atoms with Crippen LogP contribution in [0.5, 0.6) is 5.75 Å². The van der Waals surface area contributed by atoms with Gasteiger partial charge in [-0.2, -0.15) is 0 Å². The number of ether oxygens (including phenoxy) is 1. The standard InChI is InChI=1S/C19H30N4O2/c1-6-7-8-12-23(5)19(20-2)21-14-16-10-9-11-17(13-16)25-15-18(24)22(3)4/h6,9-11,13H,1,7-8,12,14-15H2,2-5H3,(H,20,21). The molecule has 1 aromatic rings. The number of aliphatic imine (C=N–C) groups is 1. The Bertz CT molecular complexity index is 585. The number of rotatable bonds is 9. The first-order chi connectivity index (χ1) is 12.0. The summed E-state index contributed by atoms with van der Waals surface area (Å²) in [6.07, 6.45) is 3.97. The number of carbonyl (C=O) groups excluding carboxylic acids is 1. The zero-order valence-electron chi connectivity index (χ0n) is 15.8. The van der Waals surface area contributed by atoms with E-state index in [2.05, 4.69) is 21.8 Å². The number of guanidine groups is 1. The number of nitrogens with one attached hydrogen (secondary N) is 1. The van der Waals surface area contributed by atoms with Crippen LogP contribution in [0.2, 0.25) is 0 Å². The Morgan fingerprint density at radius 3 is 2.76 bits per heavy atom. The van der Waals surface area contributed by atoms with Crippen molar-refractivity contribution in [1.82, 2.24) is 15.1 Å². The molecule has 1 amide bonds. The predicted molar refractivity (Wildman–Crippen MR) is 103 cm³/mol.